The number of amides is 2. The van der Waals surface area contributed by atoms with Gasteiger partial charge in [-0.05, 0) is 35.7 Å². The van der Waals surface area contributed by atoms with Crippen molar-refractivity contribution in [1.82, 2.24) is 14.9 Å². The monoisotopic (exact) mass is 446 g/mol. The summed E-state index contributed by atoms with van der Waals surface area (Å²) in [6.07, 6.45) is 0.957. The Morgan fingerprint density at radius 1 is 0.935 bits per heavy atom. The molecule has 0 bridgehead atoms. The lowest BCUT2D eigenvalue weighted by atomic mass is 10.1. The molecule has 2 aromatic rings. The summed E-state index contributed by atoms with van der Waals surface area (Å²) in [6, 6.07) is 12.6. The molecule has 31 heavy (non-hydrogen) atoms. The Kier molecular flexibility index (Phi) is 8.58. The quantitative estimate of drug-likeness (QED) is 0.484. The van der Waals surface area contributed by atoms with Crippen molar-refractivity contribution < 1.29 is 18.0 Å². The van der Waals surface area contributed by atoms with Gasteiger partial charge in [-0.2, -0.15) is 0 Å². The number of nitrogens with one attached hydrogen (secondary N) is 3. The Hall–Kier alpha value is -2.91. The predicted molar refractivity (Wildman–Crippen MR) is 121 cm³/mol. The molecule has 0 fully saturated rings. The maximum Gasteiger partial charge on any atom is 0.251 e. The van der Waals surface area contributed by atoms with E-state index in [1.54, 1.807) is 6.07 Å². The standard InChI is InChI=1S/C22H30N4O4S/c1-5-17-6-8-18(9-7-17)15-25-20-12-19(22(28)24-11-10-23-16(2)27)13-21(14-20)31(29,30)26(3)4/h6-9,12-14,25H,5,10-11,15H2,1-4H3,(H,23,27)(H,24,28). The summed E-state index contributed by atoms with van der Waals surface area (Å²) < 4.78 is 26.4. The zero-order valence-corrected chi connectivity index (χ0v) is 19.2. The van der Waals surface area contributed by atoms with Crippen molar-refractivity contribution in [1.29, 1.82) is 0 Å². The highest BCUT2D eigenvalue weighted by Gasteiger charge is 2.20. The first-order valence-corrected chi connectivity index (χ1v) is 11.5. The molecule has 0 aliphatic carbocycles. The van der Waals surface area contributed by atoms with Gasteiger partial charge >= 0.3 is 0 Å². The molecule has 0 unspecified atom stereocenters. The minimum atomic E-state index is -3.73. The number of nitrogens with zero attached hydrogens (tertiary/aromatic N) is 1. The van der Waals surface area contributed by atoms with E-state index in [4.69, 9.17) is 0 Å². The van der Waals surface area contributed by atoms with Crippen LogP contribution in [0.4, 0.5) is 5.69 Å². The zero-order valence-electron chi connectivity index (χ0n) is 18.4. The normalized spacial score (nSPS) is 11.3. The van der Waals surface area contributed by atoms with Crippen LogP contribution in [0.3, 0.4) is 0 Å². The third-order valence-corrected chi connectivity index (χ3v) is 6.45. The van der Waals surface area contributed by atoms with Gasteiger partial charge in [0, 0.05) is 51.9 Å². The first kappa shape index (κ1) is 24.4. The van der Waals surface area contributed by atoms with Gasteiger partial charge in [0.2, 0.25) is 15.9 Å². The Morgan fingerprint density at radius 2 is 1.55 bits per heavy atom. The summed E-state index contributed by atoms with van der Waals surface area (Å²) in [5.41, 5.74) is 3.02. The number of carbonyl (C=O) groups excluding carboxylic acids is 2. The van der Waals surface area contributed by atoms with Crippen LogP contribution in [0.2, 0.25) is 0 Å². The summed E-state index contributed by atoms with van der Waals surface area (Å²) in [4.78, 5) is 23.5. The zero-order chi connectivity index (χ0) is 23.0. The van der Waals surface area contributed by atoms with Gasteiger partial charge in [-0.15, -0.1) is 0 Å². The van der Waals surface area contributed by atoms with Crippen molar-refractivity contribution in [2.75, 3.05) is 32.5 Å². The number of rotatable bonds is 10. The fraction of sp³-hybridized carbons (Fsp3) is 0.364. The van der Waals surface area contributed by atoms with Gasteiger partial charge in [-0.25, -0.2) is 12.7 Å². The number of hydrogen-bond acceptors (Lipinski definition) is 5. The van der Waals surface area contributed by atoms with Crippen molar-refractivity contribution in [2.45, 2.75) is 31.7 Å². The highest BCUT2D eigenvalue weighted by atomic mass is 32.2. The van der Waals surface area contributed by atoms with E-state index < -0.39 is 15.9 Å². The second kappa shape index (κ2) is 10.9. The van der Waals surface area contributed by atoms with Crippen LogP contribution in [0.25, 0.3) is 0 Å². The van der Waals surface area contributed by atoms with E-state index in [0.717, 1.165) is 16.3 Å². The van der Waals surface area contributed by atoms with E-state index in [2.05, 4.69) is 35.0 Å². The van der Waals surface area contributed by atoms with E-state index >= 15 is 0 Å². The topological polar surface area (TPSA) is 108 Å². The van der Waals surface area contributed by atoms with Crippen LogP contribution in [0, 0.1) is 0 Å². The second-order valence-corrected chi connectivity index (χ2v) is 9.45. The third-order valence-electron chi connectivity index (χ3n) is 4.66. The van der Waals surface area contributed by atoms with E-state index in [9.17, 15) is 18.0 Å². The lowest BCUT2D eigenvalue weighted by Crippen LogP contribution is -2.33. The SMILES string of the molecule is CCc1ccc(CNc2cc(C(=O)NCCNC(C)=O)cc(S(=O)(=O)N(C)C)c2)cc1. The molecule has 9 heteroatoms. The maximum atomic E-state index is 12.7. The molecule has 0 radical (unpaired) electrons. The largest absolute Gasteiger partial charge is 0.381 e. The molecule has 3 N–H and O–H groups in total. The lowest BCUT2D eigenvalue weighted by Gasteiger charge is -2.15. The van der Waals surface area contributed by atoms with Crippen LogP contribution in [0.15, 0.2) is 47.4 Å². The van der Waals surface area contributed by atoms with Gasteiger partial charge in [0.1, 0.15) is 0 Å². The predicted octanol–water partition coefficient (Wildman–Crippen LogP) is 1.98. The first-order chi connectivity index (χ1) is 14.6. The first-order valence-electron chi connectivity index (χ1n) is 10.1. The summed E-state index contributed by atoms with van der Waals surface area (Å²) >= 11 is 0. The number of anilines is 1. The second-order valence-electron chi connectivity index (χ2n) is 7.30. The number of aryl methyl sites for hydroxylation is 1. The third kappa shape index (κ3) is 7.08. The summed E-state index contributed by atoms with van der Waals surface area (Å²) in [6.45, 7) is 4.49. The summed E-state index contributed by atoms with van der Waals surface area (Å²) in [5.74, 6) is -0.608. The summed E-state index contributed by atoms with van der Waals surface area (Å²) in [5, 5.41) is 8.49. The Morgan fingerprint density at radius 3 is 2.13 bits per heavy atom. The van der Waals surface area contributed by atoms with Crippen LogP contribution in [0.5, 0.6) is 0 Å². The fourth-order valence-corrected chi connectivity index (χ4v) is 3.78. The Labute approximate surface area is 184 Å². The Bertz CT molecular complexity index is 1020. The summed E-state index contributed by atoms with van der Waals surface area (Å²) in [7, 11) is -0.843. The molecule has 2 amide bonds. The number of sulfonamides is 1. The molecule has 0 saturated carbocycles. The fourth-order valence-electron chi connectivity index (χ4n) is 2.81. The molecule has 8 nitrogen and oxygen atoms in total. The van der Waals surface area contributed by atoms with Crippen molar-refractivity contribution in [3.63, 3.8) is 0 Å². The van der Waals surface area contributed by atoms with Crippen LogP contribution >= 0.6 is 0 Å². The van der Waals surface area contributed by atoms with Gasteiger partial charge in [-0.1, -0.05) is 31.2 Å². The van der Waals surface area contributed by atoms with Crippen LogP contribution in [-0.2, 0) is 27.8 Å². The van der Waals surface area contributed by atoms with E-state index in [1.165, 1.54) is 38.7 Å². The van der Waals surface area contributed by atoms with E-state index in [-0.39, 0.29) is 29.5 Å². The molecule has 0 heterocycles. The average molecular weight is 447 g/mol. The van der Waals surface area contributed by atoms with E-state index in [0.29, 0.717) is 12.2 Å². The minimum absolute atomic E-state index is 0.0239. The van der Waals surface area contributed by atoms with Crippen molar-refractivity contribution >= 4 is 27.5 Å². The highest BCUT2D eigenvalue weighted by molar-refractivity contribution is 7.89. The molecule has 0 aliphatic heterocycles. The van der Waals surface area contributed by atoms with Gasteiger partial charge in [0.25, 0.3) is 5.91 Å². The van der Waals surface area contributed by atoms with Crippen molar-refractivity contribution in [2.24, 2.45) is 0 Å². The maximum absolute atomic E-state index is 12.7. The van der Waals surface area contributed by atoms with Gasteiger partial charge in [-0.3, -0.25) is 9.59 Å². The van der Waals surface area contributed by atoms with Gasteiger partial charge in [0.15, 0.2) is 0 Å². The van der Waals surface area contributed by atoms with Crippen LogP contribution in [0.1, 0.15) is 35.3 Å². The molecule has 0 saturated heterocycles. The van der Waals surface area contributed by atoms with Gasteiger partial charge < -0.3 is 16.0 Å². The average Bonchev–Trinajstić information content (AvgIpc) is 2.75. The van der Waals surface area contributed by atoms with Gasteiger partial charge in [0.05, 0.1) is 4.90 Å². The lowest BCUT2D eigenvalue weighted by molar-refractivity contribution is -0.118. The molecule has 0 aromatic heterocycles. The molecule has 0 aliphatic rings. The molecule has 0 atom stereocenters. The van der Waals surface area contributed by atoms with Crippen LogP contribution in [-0.4, -0.2) is 51.7 Å². The number of carbonyl (C=O) groups is 2. The van der Waals surface area contributed by atoms with Crippen molar-refractivity contribution in [3.8, 4) is 0 Å². The Balaban J connectivity index is 2.23. The van der Waals surface area contributed by atoms with E-state index in [1.807, 2.05) is 12.1 Å². The smallest absolute Gasteiger partial charge is 0.251 e. The number of benzene rings is 2. The molecular weight excluding hydrogens is 416 g/mol. The minimum Gasteiger partial charge on any atom is -0.381 e. The molecule has 0 spiro atoms. The van der Waals surface area contributed by atoms with Crippen molar-refractivity contribution in [3.05, 3.63) is 59.2 Å². The molecular formula is C22H30N4O4S. The highest BCUT2D eigenvalue weighted by Crippen LogP contribution is 2.22. The molecule has 2 aromatic carbocycles. The molecule has 168 valence electrons. The van der Waals surface area contributed by atoms with Crippen LogP contribution < -0.4 is 16.0 Å². The number of hydrogen-bond donors (Lipinski definition) is 3. The molecule has 2 rings (SSSR count).